The van der Waals surface area contributed by atoms with Gasteiger partial charge in [-0.15, -0.1) is 0 Å². The van der Waals surface area contributed by atoms with Crippen LogP contribution in [0.4, 0.5) is 11.4 Å². The van der Waals surface area contributed by atoms with Crippen molar-refractivity contribution in [2.75, 3.05) is 24.4 Å². The minimum absolute atomic E-state index is 0.0944. The summed E-state index contributed by atoms with van der Waals surface area (Å²) >= 11 is 0. The first-order valence-corrected chi connectivity index (χ1v) is 11.1. The van der Waals surface area contributed by atoms with E-state index in [1.54, 1.807) is 38.2 Å². The second-order valence-electron chi connectivity index (χ2n) is 8.09. The molecule has 0 bridgehead atoms. The molecule has 0 fully saturated rings. The molecule has 1 N–H and O–H groups in total. The van der Waals surface area contributed by atoms with E-state index in [1.807, 2.05) is 54.6 Å². The number of rotatable bonds is 8. The van der Waals surface area contributed by atoms with Crippen molar-refractivity contribution in [3.8, 4) is 17.2 Å². The molecule has 4 rings (SSSR count). The molecule has 3 aromatic rings. The number of fused-ring (bicyclic) bond motifs is 1. The number of nitrogens with one attached hydrogen (secondary N) is 1. The summed E-state index contributed by atoms with van der Waals surface area (Å²) in [5, 5.41) is 2.93. The van der Waals surface area contributed by atoms with Crippen molar-refractivity contribution in [1.29, 1.82) is 0 Å². The number of benzene rings is 3. The quantitative estimate of drug-likeness (QED) is 0.532. The van der Waals surface area contributed by atoms with E-state index < -0.39 is 6.10 Å². The van der Waals surface area contributed by atoms with Gasteiger partial charge >= 0.3 is 0 Å². The number of methoxy groups -OCH3 is 2. The van der Waals surface area contributed by atoms with Gasteiger partial charge in [-0.05, 0) is 48.7 Å². The number of anilines is 2. The number of ether oxygens (including phenoxy) is 3. The molecule has 2 amide bonds. The summed E-state index contributed by atoms with van der Waals surface area (Å²) in [5.74, 6) is 1.65. The van der Waals surface area contributed by atoms with E-state index in [4.69, 9.17) is 14.2 Å². The SMILES string of the molecule is COc1ccc(CCC(=O)Nc2ccc3c(c2)OC(C)C(=O)N3Cc2ccccc2)cc1OC. The van der Waals surface area contributed by atoms with Crippen molar-refractivity contribution in [3.05, 3.63) is 77.9 Å². The van der Waals surface area contributed by atoms with Crippen LogP contribution in [0.2, 0.25) is 0 Å². The van der Waals surface area contributed by atoms with Gasteiger partial charge in [0.15, 0.2) is 17.6 Å². The lowest BCUT2D eigenvalue weighted by molar-refractivity contribution is -0.125. The molecule has 0 radical (unpaired) electrons. The number of aryl methyl sites for hydroxylation is 1. The van der Waals surface area contributed by atoms with Crippen molar-refractivity contribution >= 4 is 23.2 Å². The van der Waals surface area contributed by atoms with Crippen LogP contribution >= 0.6 is 0 Å². The maximum atomic E-state index is 12.8. The van der Waals surface area contributed by atoms with E-state index in [0.717, 1.165) is 11.1 Å². The topological polar surface area (TPSA) is 77.1 Å². The molecule has 0 saturated carbocycles. The predicted octanol–water partition coefficient (Wildman–Crippen LogP) is 4.59. The summed E-state index contributed by atoms with van der Waals surface area (Å²) in [4.78, 5) is 27.1. The molecule has 1 atom stereocenters. The third-order valence-electron chi connectivity index (χ3n) is 5.72. The van der Waals surface area contributed by atoms with Crippen LogP contribution in [0, 0.1) is 0 Å². The smallest absolute Gasteiger partial charge is 0.268 e. The number of hydrogen-bond donors (Lipinski definition) is 1. The fourth-order valence-electron chi connectivity index (χ4n) is 3.93. The third-order valence-corrected chi connectivity index (χ3v) is 5.72. The Balaban J connectivity index is 1.43. The lowest BCUT2D eigenvalue weighted by atomic mass is 10.1. The molecule has 7 nitrogen and oxygen atoms in total. The zero-order chi connectivity index (χ0) is 24.1. The lowest BCUT2D eigenvalue weighted by Gasteiger charge is -2.33. The Morgan fingerprint density at radius 1 is 0.971 bits per heavy atom. The summed E-state index contributed by atoms with van der Waals surface area (Å²) in [6, 6.07) is 20.8. The molecule has 3 aromatic carbocycles. The summed E-state index contributed by atoms with van der Waals surface area (Å²) in [6.45, 7) is 2.19. The van der Waals surface area contributed by atoms with Gasteiger partial charge in [0.25, 0.3) is 5.91 Å². The van der Waals surface area contributed by atoms with Gasteiger partial charge in [-0.1, -0.05) is 36.4 Å². The van der Waals surface area contributed by atoms with Crippen molar-refractivity contribution in [1.82, 2.24) is 0 Å². The highest BCUT2D eigenvalue weighted by molar-refractivity contribution is 6.00. The molecule has 1 aliphatic rings. The van der Waals surface area contributed by atoms with E-state index in [2.05, 4.69) is 5.32 Å². The Labute approximate surface area is 199 Å². The highest BCUT2D eigenvalue weighted by Gasteiger charge is 2.31. The van der Waals surface area contributed by atoms with Crippen LogP contribution < -0.4 is 24.4 Å². The molecule has 1 unspecified atom stereocenters. The van der Waals surface area contributed by atoms with Gasteiger partial charge < -0.3 is 24.4 Å². The summed E-state index contributed by atoms with van der Waals surface area (Å²) in [6.07, 6.45) is 0.263. The molecule has 0 spiro atoms. The molecular weight excluding hydrogens is 432 g/mol. The van der Waals surface area contributed by atoms with Gasteiger partial charge in [0.05, 0.1) is 26.5 Å². The van der Waals surface area contributed by atoms with Crippen LogP contribution in [0.25, 0.3) is 0 Å². The Bertz CT molecular complexity index is 1180. The average Bonchev–Trinajstić information content (AvgIpc) is 2.86. The fraction of sp³-hybridized carbons (Fsp3) is 0.259. The molecule has 176 valence electrons. The molecule has 1 aliphatic heterocycles. The van der Waals surface area contributed by atoms with Crippen molar-refractivity contribution in [3.63, 3.8) is 0 Å². The van der Waals surface area contributed by atoms with Crippen molar-refractivity contribution in [2.45, 2.75) is 32.4 Å². The fourth-order valence-corrected chi connectivity index (χ4v) is 3.93. The van der Waals surface area contributed by atoms with Crippen LogP contribution in [0.3, 0.4) is 0 Å². The first-order valence-electron chi connectivity index (χ1n) is 11.1. The minimum atomic E-state index is -0.604. The largest absolute Gasteiger partial charge is 0.493 e. The van der Waals surface area contributed by atoms with E-state index >= 15 is 0 Å². The first kappa shape index (κ1) is 23.2. The van der Waals surface area contributed by atoms with Crippen LogP contribution in [-0.2, 0) is 22.6 Å². The van der Waals surface area contributed by atoms with Gasteiger partial charge in [0.2, 0.25) is 5.91 Å². The number of nitrogens with zero attached hydrogens (tertiary/aromatic N) is 1. The van der Waals surface area contributed by atoms with Gasteiger partial charge in [-0.2, -0.15) is 0 Å². The molecule has 0 aliphatic carbocycles. The second kappa shape index (κ2) is 10.3. The number of hydrogen-bond acceptors (Lipinski definition) is 5. The first-order chi connectivity index (χ1) is 16.5. The third kappa shape index (κ3) is 5.14. The maximum absolute atomic E-state index is 12.8. The molecule has 0 saturated heterocycles. The highest BCUT2D eigenvalue weighted by atomic mass is 16.5. The second-order valence-corrected chi connectivity index (χ2v) is 8.09. The van der Waals surface area contributed by atoms with Crippen molar-refractivity contribution in [2.24, 2.45) is 0 Å². The van der Waals surface area contributed by atoms with Gasteiger partial charge in [0, 0.05) is 18.2 Å². The molecular formula is C27H28N2O5. The molecule has 34 heavy (non-hydrogen) atoms. The average molecular weight is 461 g/mol. The normalized spacial score (nSPS) is 14.7. The molecule has 1 heterocycles. The monoisotopic (exact) mass is 460 g/mol. The van der Waals surface area contributed by atoms with E-state index in [1.165, 1.54) is 0 Å². The van der Waals surface area contributed by atoms with Crippen LogP contribution in [0.15, 0.2) is 66.7 Å². The van der Waals surface area contributed by atoms with E-state index in [-0.39, 0.29) is 11.8 Å². The molecule has 0 aromatic heterocycles. The van der Waals surface area contributed by atoms with Gasteiger partial charge in [0.1, 0.15) is 5.75 Å². The van der Waals surface area contributed by atoms with Crippen LogP contribution in [-0.4, -0.2) is 32.1 Å². The van der Waals surface area contributed by atoms with E-state index in [9.17, 15) is 9.59 Å². The van der Waals surface area contributed by atoms with E-state index in [0.29, 0.717) is 48.0 Å². The summed E-state index contributed by atoms with van der Waals surface area (Å²) in [7, 11) is 3.17. The standard InChI is InChI=1S/C27H28N2O5/c1-18-27(31)29(17-20-7-5-4-6-8-20)22-12-11-21(16-24(22)34-18)28-26(30)14-10-19-9-13-23(32-2)25(15-19)33-3/h4-9,11-13,15-16,18H,10,14,17H2,1-3H3,(H,28,30). The number of amides is 2. The predicted molar refractivity (Wildman–Crippen MR) is 131 cm³/mol. The minimum Gasteiger partial charge on any atom is -0.493 e. The Morgan fingerprint density at radius 3 is 2.47 bits per heavy atom. The summed E-state index contributed by atoms with van der Waals surface area (Å²) in [5.41, 5.74) is 3.32. The zero-order valence-corrected chi connectivity index (χ0v) is 19.5. The Kier molecular flexibility index (Phi) is 7.01. The molecule has 7 heteroatoms. The Morgan fingerprint density at radius 2 is 1.74 bits per heavy atom. The number of carbonyl (C=O) groups is 2. The van der Waals surface area contributed by atoms with Crippen molar-refractivity contribution < 1.29 is 23.8 Å². The lowest BCUT2D eigenvalue weighted by Crippen LogP contribution is -2.44. The van der Waals surface area contributed by atoms with Gasteiger partial charge in [-0.3, -0.25) is 9.59 Å². The van der Waals surface area contributed by atoms with Gasteiger partial charge in [-0.25, -0.2) is 0 Å². The zero-order valence-electron chi connectivity index (χ0n) is 19.5. The maximum Gasteiger partial charge on any atom is 0.268 e. The summed E-state index contributed by atoms with van der Waals surface area (Å²) < 4.78 is 16.4. The van der Waals surface area contributed by atoms with Crippen LogP contribution in [0.1, 0.15) is 24.5 Å². The highest BCUT2D eigenvalue weighted by Crippen LogP contribution is 2.37. The van der Waals surface area contributed by atoms with Crippen LogP contribution in [0.5, 0.6) is 17.2 Å². The number of carbonyl (C=O) groups excluding carboxylic acids is 2. The Hall–Kier alpha value is -4.00.